The molecule has 0 aliphatic rings. The summed E-state index contributed by atoms with van der Waals surface area (Å²) in [7, 11) is -1.49. The zero-order chi connectivity index (χ0) is 11.4. The van der Waals surface area contributed by atoms with Crippen LogP contribution in [0.5, 0.6) is 0 Å². The van der Waals surface area contributed by atoms with Gasteiger partial charge in [-0.05, 0) is 12.1 Å². The van der Waals surface area contributed by atoms with Gasteiger partial charge in [-0.15, -0.1) is 5.73 Å². The van der Waals surface area contributed by atoms with Crippen LogP contribution in [0.3, 0.4) is 0 Å². The zero-order valence-electron chi connectivity index (χ0n) is 9.31. The van der Waals surface area contributed by atoms with E-state index in [2.05, 4.69) is 32.0 Å². The summed E-state index contributed by atoms with van der Waals surface area (Å²) in [6.07, 6.45) is 0.471. The molecule has 0 unspecified atom stereocenters. The number of nitrogens with zero attached hydrogens (tertiary/aromatic N) is 2. The highest BCUT2D eigenvalue weighted by molar-refractivity contribution is 6.83. The molecule has 0 rings (SSSR count). The van der Waals surface area contributed by atoms with Gasteiger partial charge in [-0.25, -0.2) is 0 Å². The number of allylic oxidation sites excluding steroid dienone is 1. The van der Waals surface area contributed by atoms with Gasteiger partial charge in [0.05, 0.1) is 20.2 Å². The molecule has 0 aromatic heterocycles. The molecule has 0 aromatic carbocycles. The van der Waals surface area contributed by atoms with E-state index in [1.807, 2.05) is 12.1 Å². The molecule has 0 fully saturated rings. The van der Waals surface area contributed by atoms with E-state index in [9.17, 15) is 0 Å². The minimum Gasteiger partial charge on any atom is -0.197 e. The molecule has 0 saturated heterocycles. The van der Waals surface area contributed by atoms with Crippen molar-refractivity contribution >= 4 is 8.07 Å². The Bertz CT molecular complexity index is 329. The first-order chi connectivity index (χ1) is 6.29. The maximum Gasteiger partial charge on any atom is 0.144 e. The first kappa shape index (κ1) is 12.7. The summed E-state index contributed by atoms with van der Waals surface area (Å²) in [5, 5.41) is 18.8. The molecule has 0 spiro atoms. The van der Waals surface area contributed by atoms with E-state index in [0.29, 0.717) is 6.42 Å². The van der Waals surface area contributed by atoms with Crippen molar-refractivity contribution in [3.63, 3.8) is 0 Å². The standard InChI is InChI=1S/C11H16N2Si/c1-6-10(14(3,4)5)7-11(2,8-12)9-13/h1,7H2,2-5H3. The van der Waals surface area contributed by atoms with Crippen molar-refractivity contribution in [2.24, 2.45) is 5.41 Å². The van der Waals surface area contributed by atoms with E-state index >= 15 is 0 Å². The lowest BCUT2D eigenvalue weighted by Crippen LogP contribution is -2.27. The summed E-state index contributed by atoms with van der Waals surface area (Å²) < 4.78 is 0. The van der Waals surface area contributed by atoms with Crippen molar-refractivity contribution in [2.45, 2.75) is 33.0 Å². The first-order valence-electron chi connectivity index (χ1n) is 4.51. The van der Waals surface area contributed by atoms with Gasteiger partial charge in [0.25, 0.3) is 0 Å². The van der Waals surface area contributed by atoms with Gasteiger partial charge in [-0.2, -0.15) is 10.5 Å². The van der Waals surface area contributed by atoms with Crippen LogP contribution in [-0.2, 0) is 0 Å². The molecule has 0 aliphatic heterocycles. The second-order valence-electron chi connectivity index (χ2n) is 4.64. The Morgan fingerprint density at radius 2 is 1.71 bits per heavy atom. The Hall–Kier alpha value is -1.28. The molecule has 2 nitrogen and oxygen atoms in total. The Balaban J connectivity index is 4.97. The quantitative estimate of drug-likeness (QED) is 0.524. The highest BCUT2D eigenvalue weighted by Crippen LogP contribution is 2.28. The third kappa shape index (κ3) is 3.22. The van der Waals surface area contributed by atoms with Crippen molar-refractivity contribution in [1.29, 1.82) is 10.5 Å². The lowest BCUT2D eigenvalue weighted by molar-refractivity contribution is 0.587. The van der Waals surface area contributed by atoms with Crippen molar-refractivity contribution in [2.75, 3.05) is 0 Å². The molecule has 0 radical (unpaired) electrons. The van der Waals surface area contributed by atoms with Gasteiger partial charge in [0.2, 0.25) is 0 Å². The van der Waals surface area contributed by atoms with Crippen molar-refractivity contribution in [1.82, 2.24) is 0 Å². The predicted octanol–water partition coefficient (Wildman–Crippen LogP) is 3.02. The zero-order valence-corrected chi connectivity index (χ0v) is 10.3. The van der Waals surface area contributed by atoms with E-state index in [1.54, 1.807) is 6.92 Å². The molecule has 0 bridgehead atoms. The molecule has 0 aromatic rings. The van der Waals surface area contributed by atoms with Crippen LogP contribution < -0.4 is 0 Å². The summed E-state index contributed by atoms with van der Waals surface area (Å²) in [5.41, 5.74) is 1.96. The van der Waals surface area contributed by atoms with E-state index in [-0.39, 0.29) is 0 Å². The van der Waals surface area contributed by atoms with Gasteiger partial charge in [0, 0.05) is 6.42 Å². The maximum atomic E-state index is 8.88. The van der Waals surface area contributed by atoms with Gasteiger partial charge in [0.15, 0.2) is 0 Å². The van der Waals surface area contributed by atoms with Crippen LogP contribution in [0.4, 0.5) is 0 Å². The molecule has 0 atom stereocenters. The van der Waals surface area contributed by atoms with Gasteiger partial charge in [-0.1, -0.05) is 26.2 Å². The molecule has 0 heterocycles. The molecule has 0 N–H and O–H groups in total. The lowest BCUT2D eigenvalue weighted by Gasteiger charge is -2.22. The average Bonchev–Trinajstić information content (AvgIpc) is 2.12. The van der Waals surface area contributed by atoms with E-state index in [4.69, 9.17) is 10.5 Å². The summed E-state index contributed by atoms with van der Waals surface area (Å²) in [5.74, 6) is 0. The fraction of sp³-hybridized carbons (Fsp3) is 0.545. The van der Waals surface area contributed by atoms with Crippen LogP contribution in [0.25, 0.3) is 0 Å². The number of hydrogen-bond acceptors (Lipinski definition) is 2. The minimum atomic E-state index is -1.49. The Kier molecular flexibility index (Phi) is 3.89. The monoisotopic (exact) mass is 204 g/mol. The van der Waals surface area contributed by atoms with Gasteiger partial charge >= 0.3 is 0 Å². The van der Waals surface area contributed by atoms with Crippen molar-refractivity contribution < 1.29 is 0 Å². The number of rotatable bonds is 3. The summed E-state index contributed by atoms with van der Waals surface area (Å²) in [6, 6.07) is 4.08. The lowest BCUT2D eigenvalue weighted by atomic mass is 9.90. The minimum absolute atomic E-state index is 0.471. The van der Waals surface area contributed by atoms with Gasteiger partial charge in [0.1, 0.15) is 5.41 Å². The fourth-order valence-corrected chi connectivity index (χ4v) is 2.46. The molecule has 3 heteroatoms. The average molecular weight is 204 g/mol. The molecule has 0 amide bonds. The van der Waals surface area contributed by atoms with Gasteiger partial charge in [-0.3, -0.25) is 0 Å². The molecular formula is C11H16N2Si. The van der Waals surface area contributed by atoms with Crippen LogP contribution in [0, 0.1) is 28.1 Å². The van der Waals surface area contributed by atoms with Crippen LogP contribution in [0.1, 0.15) is 13.3 Å². The SMILES string of the molecule is C=C=C(CC(C)(C#N)C#N)[Si](C)(C)C. The van der Waals surface area contributed by atoms with Crippen LogP contribution in [0.15, 0.2) is 17.5 Å². The summed E-state index contributed by atoms with van der Waals surface area (Å²) in [6.45, 7) is 11.8. The molecule has 0 aliphatic carbocycles. The maximum absolute atomic E-state index is 8.88. The van der Waals surface area contributed by atoms with E-state index in [1.165, 1.54) is 0 Å². The Morgan fingerprint density at radius 1 is 1.29 bits per heavy atom. The topological polar surface area (TPSA) is 47.6 Å². The fourth-order valence-electron chi connectivity index (χ4n) is 1.05. The Morgan fingerprint density at radius 3 is 1.93 bits per heavy atom. The second-order valence-corrected chi connectivity index (χ2v) is 9.74. The van der Waals surface area contributed by atoms with E-state index in [0.717, 1.165) is 5.20 Å². The first-order valence-corrected chi connectivity index (χ1v) is 8.01. The van der Waals surface area contributed by atoms with Crippen LogP contribution in [-0.4, -0.2) is 8.07 Å². The number of nitriles is 2. The third-order valence-corrected chi connectivity index (χ3v) is 4.31. The third-order valence-electron chi connectivity index (χ3n) is 2.14. The largest absolute Gasteiger partial charge is 0.197 e. The second kappa shape index (κ2) is 4.29. The van der Waals surface area contributed by atoms with Crippen molar-refractivity contribution in [3.05, 3.63) is 17.5 Å². The van der Waals surface area contributed by atoms with E-state index < -0.39 is 13.5 Å². The summed E-state index contributed by atoms with van der Waals surface area (Å²) >= 11 is 0. The molecule has 14 heavy (non-hydrogen) atoms. The molecule has 0 saturated carbocycles. The predicted molar refractivity (Wildman–Crippen MR) is 59.9 cm³/mol. The smallest absolute Gasteiger partial charge is 0.144 e. The van der Waals surface area contributed by atoms with Crippen molar-refractivity contribution in [3.8, 4) is 12.1 Å². The highest BCUT2D eigenvalue weighted by Gasteiger charge is 2.30. The Labute approximate surface area is 87.2 Å². The highest BCUT2D eigenvalue weighted by atomic mass is 28.3. The van der Waals surface area contributed by atoms with Gasteiger partial charge < -0.3 is 0 Å². The summed E-state index contributed by atoms with van der Waals surface area (Å²) in [4.78, 5) is 0. The molecule has 74 valence electrons. The normalized spacial score (nSPS) is 11.0. The molecular weight excluding hydrogens is 188 g/mol. The van der Waals surface area contributed by atoms with Crippen LogP contribution >= 0.6 is 0 Å². The number of hydrogen-bond donors (Lipinski definition) is 0. The van der Waals surface area contributed by atoms with Crippen LogP contribution in [0.2, 0.25) is 19.6 Å².